The molecule has 0 aliphatic rings. The average Bonchev–Trinajstić information content (AvgIpc) is 2.80. The summed E-state index contributed by atoms with van der Waals surface area (Å²) in [6.45, 7) is -0.0347. The predicted molar refractivity (Wildman–Crippen MR) is 70.9 cm³/mol. The Hall–Kier alpha value is -2.35. The first-order valence-corrected chi connectivity index (χ1v) is 5.70. The minimum atomic E-state index is -0.365. The van der Waals surface area contributed by atoms with Gasteiger partial charge in [0.1, 0.15) is 23.7 Å². The quantitative estimate of drug-likeness (QED) is 0.804. The van der Waals surface area contributed by atoms with Crippen LogP contribution in [0.1, 0.15) is 5.82 Å². The molecule has 19 heavy (non-hydrogen) atoms. The van der Waals surface area contributed by atoms with E-state index >= 15 is 0 Å². The molecule has 0 radical (unpaired) electrons. The highest BCUT2D eigenvalue weighted by Crippen LogP contribution is 2.08. The maximum Gasteiger partial charge on any atom is 0.246 e. The SMILES string of the molecule is NC(=S)c1ncn(CC(=O)Nc2ccc(F)cc2)n1. The maximum atomic E-state index is 12.7. The van der Waals surface area contributed by atoms with Gasteiger partial charge in [-0.1, -0.05) is 12.2 Å². The highest BCUT2D eigenvalue weighted by Gasteiger charge is 2.07. The number of rotatable bonds is 4. The molecule has 1 aromatic carbocycles. The van der Waals surface area contributed by atoms with E-state index < -0.39 is 0 Å². The number of halogens is 1. The summed E-state index contributed by atoms with van der Waals surface area (Å²) in [4.78, 5) is 15.6. The standard InChI is InChI=1S/C11H10FN5OS/c12-7-1-3-8(4-2-7)15-9(18)5-17-6-14-11(16-17)10(13)19/h1-4,6H,5H2,(H2,13,19)(H,15,18). The number of thiocarbonyl (C=S) groups is 1. The average molecular weight is 279 g/mol. The van der Waals surface area contributed by atoms with Gasteiger partial charge in [0.05, 0.1) is 0 Å². The lowest BCUT2D eigenvalue weighted by atomic mass is 10.3. The van der Waals surface area contributed by atoms with E-state index in [1.165, 1.54) is 35.3 Å². The van der Waals surface area contributed by atoms with Crippen LogP contribution in [-0.2, 0) is 11.3 Å². The number of hydrogen-bond acceptors (Lipinski definition) is 4. The summed E-state index contributed by atoms with van der Waals surface area (Å²) >= 11 is 4.71. The molecule has 0 saturated heterocycles. The normalized spacial score (nSPS) is 10.2. The maximum absolute atomic E-state index is 12.7. The summed E-state index contributed by atoms with van der Waals surface area (Å²) in [6, 6.07) is 5.45. The summed E-state index contributed by atoms with van der Waals surface area (Å²) < 4.78 is 14.0. The molecule has 98 valence electrons. The van der Waals surface area contributed by atoms with Crippen LogP contribution in [0.5, 0.6) is 0 Å². The third-order valence-corrected chi connectivity index (χ3v) is 2.37. The van der Waals surface area contributed by atoms with Gasteiger partial charge >= 0.3 is 0 Å². The fraction of sp³-hybridized carbons (Fsp3) is 0.0909. The number of carbonyl (C=O) groups is 1. The van der Waals surface area contributed by atoms with Crippen LogP contribution in [0, 0.1) is 5.82 Å². The van der Waals surface area contributed by atoms with Gasteiger partial charge in [0.15, 0.2) is 0 Å². The van der Waals surface area contributed by atoms with E-state index in [4.69, 9.17) is 18.0 Å². The zero-order valence-electron chi connectivity index (χ0n) is 9.71. The van der Waals surface area contributed by atoms with E-state index in [2.05, 4.69) is 15.4 Å². The number of nitrogens with zero attached hydrogens (tertiary/aromatic N) is 3. The molecule has 1 amide bonds. The van der Waals surface area contributed by atoms with Crippen molar-refractivity contribution in [2.45, 2.75) is 6.54 Å². The molecule has 3 N–H and O–H groups in total. The highest BCUT2D eigenvalue weighted by molar-refractivity contribution is 7.80. The van der Waals surface area contributed by atoms with Crippen molar-refractivity contribution in [2.24, 2.45) is 5.73 Å². The van der Waals surface area contributed by atoms with Crippen LogP contribution in [0.15, 0.2) is 30.6 Å². The van der Waals surface area contributed by atoms with Gasteiger partial charge in [-0.25, -0.2) is 14.1 Å². The number of benzene rings is 1. The van der Waals surface area contributed by atoms with Crippen molar-refractivity contribution in [1.82, 2.24) is 14.8 Å². The Morgan fingerprint density at radius 2 is 2.11 bits per heavy atom. The van der Waals surface area contributed by atoms with Crippen LogP contribution in [0.3, 0.4) is 0 Å². The Morgan fingerprint density at radius 1 is 1.42 bits per heavy atom. The van der Waals surface area contributed by atoms with Crippen LogP contribution < -0.4 is 11.1 Å². The number of amides is 1. The summed E-state index contributed by atoms with van der Waals surface area (Å²) in [5, 5.41) is 6.52. The lowest BCUT2D eigenvalue weighted by molar-refractivity contribution is -0.116. The fourth-order valence-corrected chi connectivity index (χ4v) is 1.46. The molecule has 0 spiro atoms. The molecule has 2 aromatic rings. The Labute approximate surface area is 113 Å². The molecule has 0 aliphatic heterocycles. The van der Waals surface area contributed by atoms with E-state index in [1.54, 1.807) is 0 Å². The smallest absolute Gasteiger partial charge is 0.246 e. The summed E-state index contributed by atoms with van der Waals surface area (Å²) in [5.74, 6) is -0.467. The van der Waals surface area contributed by atoms with E-state index in [0.717, 1.165) is 0 Å². The highest BCUT2D eigenvalue weighted by atomic mass is 32.1. The third-order valence-electron chi connectivity index (χ3n) is 2.19. The van der Waals surface area contributed by atoms with Crippen LogP contribution in [0.25, 0.3) is 0 Å². The van der Waals surface area contributed by atoms with Gasteiger partial charge in [0.25, 0.3) is 0 Å². The topological polar surface area (TPSA) is 85.8 Å². The fourth-order valence-electron chi connectivity index (χ4n) is 1.36. The molecule has 0 unspecified atom stereocenters. The largest absolute Gasteiger partial charge is 0.387 e. The molecule has 0 aliphatic carbocycles. The minimum Gasteiger partial charge on any atom is -0.387 e. The lowest BCUT2D eigenvalue weighted by Crippen LogP contribution is -2.20. The van der Waals surface area contributed by atoms with Crippen molar-refractivity contribution >= 4 is 28.8 Å². The van der Waals surface area contributed by atoms with Gasteiger partial charge in [0, 0.05) is 5.69 Å². The molecule has 0 fully saturated rings. The Bertz CT molecular complexity index is 610. The summed E-state index contributed by atoms with van der Waals surface area (Å²) in [5.41, 5.74) is 5.85. The molecule has 8 heteroatoms. The summed E-state index contributed by atoms with van der Waals surface area (Å²) in [7, 11) is 0. The van der Waals surface area contributed by atoms with E-state index in [-0.39, 0.29) is 29.1 Å². The third kappa shape index (κ3) is 3.55. The van der Waals surface area contributed by atoms with Crippen molar-refractivity contribution < 1.29 is 9.18 Å². The first-order valence-electron chi connectivity index (χ1n) is 5.29. The van der Waals surface area contributed by atoms with Crippen molar-refractivity contribution in [3.63, 3.8) is 0 Å². The minimum absolute atomic E-state index is 0.0347. The van der Waals surface area contributed by atoms with Crippen LogP contribution in [0.4, 0.5) is 10.1 Å². The van der Waals surface area contributed by atoms with Gasteiger partial charge in [-0.05, 0) is 24.3 Å². The van der Waals surface area contributed by atoms with E-state index in [9.17, 15) is 9.18 Å². The monoisotopic (exact) mass is 279 g/mol. The van der Waals surface area contributed by atoms with Crippen LogP contribution in [-0.4, -0.2) is 25.7 Å². The molecule has 0 bridgehead atoms. The Morgan fingerprint density at radius 3 is 2.68 bits per heavy atom. The molecular weight excluding hydrogens is 269 g/mol. The molecule has 2 rings (SSSR count). The van der Waals surface area contributed by atoms with Gasteiger partial charge in [0.2, 0.25) is 11.7 Å². The first-order chi connectivity index (χ1) is 9.04. The lowest BCUT2D eigenvalue weighted by Gasteiger charge is -2.04. The number of aromatic nitrogens is 3. The Balaban J connectivity index is 1.97. The zero-order valence-corrected chi connectivity index (χ0v) is 10.5. The van der Waals surface area contributed by atoms with Crippen molar-refractivity contribution in [3.05, 3.63) is 42.2 Å². The van der Waals surface area contributed by atoms with E-state index in [1.807, 2.05) is 0 Å². The van der Waals surface area contributed by atoms with Crippen molar-refractivity contribution in [2.75, 3.05) is 5.32 Å². The molecular formula is C11H10FN5OS. The molecule has 0 saturated carbocycles. The number of nitrogens with two attached hydrogens (primary N) is 1. The molecule has 6 nitrogen and oxygen atoms in total. The molecule has 1 aromatic heterocycles. The van der Waals surface area contributed by atoms with Gasteiger partial charge in [-0.3, -0.25) is 4.79 Å². The van der Waals surface area contributed by atoms with Gasteiger partial charge in [-0.2, -0.15) is 0 Å². The number of carbonyl (C=O) groups excluding carboxylic acids is 1. The molecule has 1 heterocycles. The van der Waals surface area contributed by atoms with Crippen LogP contribution >= 0.6 is 12.2 Å². The zero-order chi connectivity index (χ0) is 13.8. The van der Waals surface area contributed by atoms with Crippen molar-refractivity contribution in [3.8, 4) is 0 Å². The second kappa shape index (κ2) is 5.53. The van der Waals surface area contributed by atoms with Gasteiger partial charge in [-0.15, -0.1) is 5.10 Å². The second-order valence-electron chi connectivity index (χ2n) is 3.69. The second-order valence-corrected chi connectivity index (χ2v) is 4.12. The van der Waals surface area contributed by atoms with E-state index in [0.29, 0.717) is 5.69 Å². The number of hydrogen-bond donors (Lipinski definition) is 2. The first kappa shape index (κ1) is 13.1. The predicted octanol–water partition coefficient (Wildman–Crippen LogP) is 0.690. The summed E-state index contributed by atoms with van der Waals surface area (Å²) in [6.07, 6.45) is 1.36. The Kier molecular flexibility index (Phi) is 3.81. The van der Waals surface area contributed by atoms with Crippen LogP contribution in [0.2, 0.25) is 0 Å². The number of anilines is 1. The molecule has 0 atom stereocenters. The van der Waals surface area contributed by atoms with Crippen molar-refractivity contribution in [1.29, 1.82) is 0 Å². The van der Waals surface area contributed by atoms with Gasteiger partial charge < -0.3 is 11.1 Å². The number of nitrogens with one attached hydrogen (secondary N) is 1.